The monoisotopic (exact) mass is 262 g/mol. The molecule has 1 fully saturated rings. The van der Waals surface area contributed by atoms with E-state index in [1.165, 1.54) is 12.8 Å². The van der Waals surface area contributed by atoms with Crippen LogP contribution in [0.3, 0.4) is 0 Å². The Morgan fingerprint density at radius 2 is 2.11 bits per heavy atom. The predicted molar refractivity (Wildman–Crippen MR) is 80.8 cm³/mol. The van der Waals surface area contributed by atoms with E-state index in [2.05, 4.69) is 37.1 Å². The number of aromatic hydroxyl groups is 1. The maximum Gasteiger partial charge on any atom is 0.122 e. The number of nitrogens with zero attached hydrogens (tertiary/aromatic N) is 1. The van der Waals surface area contributed by atoms with Crippen LogP contribution >= 0.6 is 0 Å². The van der Waals surface area contributed by atoms with E-state index < -0.39 is 0 Å². The van der Waals surface area contributed by atoms with Gasteiger partial charge in [0.25, 0.3) is 0 Å². The fourth-order valence-electron chi connectivity index (χ4n) is 3.02. The minimum absolute atomic E-state index is 0.174. The van der Waals surface area contributed by atoms with Crippen LogP contribution in [0.15, 0.2) is 18.2 Å². The van der Waals surface area contributed by atoms with Gasteiger partial charge >= 0.3 is 0 Å². The van der Waals surface area contributed by atoms with E-state index in [9.17, 15) is 5.11 Å². The summed E-state index contributed by atoms with van der Waals surface area (Å²) in [5, 5.41) is 13.4. The van der Waals surface area contributed by atoms with Gasteiger partial charge in [0.15, 0.2) is 0 Å². The number of rotatable bonds is 3. The van der Waals surface area contributed by atoms with E-state index in [1.807, 2.05) is 19.2 Å². The van der Waals surface area contributed by atoms with Gasteiger partial charge in [-0.1, -0.05) is 13.0 Å². The Kier molecular flexibility index (Phi) is 4.35. The molecule has 1 aromatic rings. The largest absolute Gasteiger partial charge is 0.508 e. The number of anilines is 1. The Hall–Kier alpha value is -1.22. The molecule has 0 radical (unpaired) electrons. The van der Waals surface area contributed by atoms with Gasteiger partial charge in [0.1, 0.15) is 5.75 Å². The molecule has 0 spiro atoms. The van der Waals surface area contributed by atoms with E-state index in [-0.39, 0.29) is 6.04 Å². The minimum Gasteiger partial charge on any atom is -0.508 e. The molecule has 1 saturated heterocycles. The summed E-state index contributed by atoms with van der Waals surface area (Å²) in [7, 11) is 1.91. The van der Waals surface area contributed by atoms with Crippen molar-refractivity contribution in [1.82, 2.24) is 5.32 Å². The minimum atomic E-state index is 0.174. The number of benzene rings is 1. The van der Waals surface area contributed by atoms with E-state index in [4.69, 9.17) is 0 Å². The SMILES string of the molecule is CNC(C)c1ccc(N2CCC(C)CC2C)cc1O. The van der Waals surface area contributed by atoms with Crippen molar-refractivity contribution in [1.29, 1.82) is 0 Å². The van der Waals surface area contributed by atoms with Crippen molar-refractivity contribution >= 4 is 5.69 Å². The third-order valence-electron chi connectivity index (χ3n) is 4.38. The lowest BCUT2D eigenvalue weighted by Crippen LogP contribution is -2.40. The van der Waals surface area contributed by atoms with Crippen LogP contribution in [0, 0.1) is 5.92 Å². The molecule has 106 valence electrons. The molecule has 0 bridgehead atoms. The van der Waals surface area contributed by atoms with Crippen LogP contribution in [0.25, 0.3) is 0 Å². The molecule has 2 N–H and O–H groups in total. The molecule has 3 unspecified atom stereocenters. The van der Waals surface area contributed by atoms with Crippen LogP contribution in [0.1, 0.15) is 45.2 Å². The molecule has 0 amide bonds. The topological polar surface area (TPSA) is 35.5 Å². The number of nitrogens with one attached hydrogen (secondary N) is 1. The van der Waals surface area contributed by atoms with Gasteiger partial charge in [-0.2, -0.15) is 0 Å². The summed E-state index contributed by atoms with van der Waals surface area (Å²) in [5.41, 5.74) is 2.10. The van der Waals surface area contributed by atoms with Crippen LogP contribution in [0.5, 0.6) is 5.75 Å². The van der Waals surface area contributed by atoms with Crippen molar-refractivity contribution in [2.75, 3.05) is 18.5 Å². The molecule has 1 aliphatic heterocycles. The fraction of sp³-hybridized carbons (Fsp3) is 0.625. The number of hydrogen-bond acceptors (Lipinski definition) is 3. The van der Waals surface area contributed by atoms with Crippen molar-refractivity contribution in [3.63, 3.8) is 0 Å². The third-order valence-corrected chi connectivity index (χ3v) is 4.38. The summed E-state index contributed by atoms with van der Waals surface area (Å²) in [6.07, 6.45) is 2.47. The van der Waals surface area contributed by atoms with Gasteiger partial charge in [0.05, 0.1) is 0 Å². The highest BCUT2D eigenvalue weighted by Crippen LogP contribution is 2.33. The summed E-state index contributed by atoms with van der Waals surface area (Å²) < 4.78 is 0. The van der Waals surface area contributed by atoms with Gasteiger partial charge in [-0.25, -0.2) is 0 Å². The first-order valence-electron chi connectivity index (χ1n) is 7.29. The van der Waals surface area contributed by atoms with Gasteiger partial charge in [-0.15, -0.1) is 0 Å². The summed E-state index contributed by atoms with van der Waals surface area (Å²) in [4.78, 5) is 2.41. The predicted octanol–water partition coefficient (Wildman–Crippen LogP) is 3.30. The lowest BCUT2D eigenvalue weighted by molar-refractivity contribution is 0.377. The van der Waals surface area contributed by atoms with Crippen LogP contribution in [0.4, 0.5) is 5.69 Å². The van der Waals surface area contributed by atoms with Crippen molar-refractivity contribution in [3.8, 4) is 5.75 Å². The summed E-state index contributed by atoms with van der Waals surface area (Å²) in [5.74, 6) is 1.20. The van der Waals surface area contributed by atoms with E-state index in [0.717, 1.165) is 23.7 Å². The Morgan fingerprint density at radius 3 is 2.68 bits per heavy atom. The summed E-state index contributed by atoms with van der Waals surface area (Å²) in [6, 6.07) is 6.81. The molecular weight excluding hydrogens is 236 g/mol. The van der Waals surface area contributed by atoms with Crippen molar-refractivity contribution < 1.29 is 5.11 Å². The highest BCUT2D eigenvalue weighted by molar-refractivity contribution is 5.55. The molecule has 0 aromatic heterocycles. The molecule has 3 heteroatoms. The Morgan fingerprint density at radius 1 is 1.37 bits per heavy atom. The molecule has 0 aliphatic carbocycles. The first-order valence-corrected chi connectivity index (χ1v) is 7.29. The lowest BCUT2D eigenvalue weighted by atomic mass is 9.92. The molecule has 1 heterocycles. The van der Waals surface area contributed by atoms with Crippen LogP contribution in [-0.2, 0) is 0 Å². The molecule has 0 saturated carbocycles. The van der Waals surface area contributed by atoms with Crippen molar-refractivity contribution in [3.05, 3.63) is 23.8 Å². The molecular formula is C16H26N2O. The summed E-state index contributed by atoms with van der Waals surface area (Å²) >= 11 is 0. The first kappa shape index (κ1) is 14.2. The van der Waals surface area contributed by atoms with Crippen LogP contribution in [-0.4, -0.2) is 24.7 Å². The second-order valence-corrected chi connectivity index (χ2v) is 5.93. The smallest absolute Gasteiger partial charge is 0.122 e. The summed E-state index contributed by atoms with van der Waals surface area (Å²) in [6.45, 7) is 7.74. The standard InChI is InChI=1S/C16H26N2O/c1-11-7-8-18(12(2)9-11)14-5-6-15(13(3)17-4)16(19)10-14/h5-6,10-13,17,19H,7-9H2,1-4H3. The average Bonchev–Trinajstić information content (AvgIpc) is 2.37. The maximum absolute atomic E-state index is 10.2. The van der Waals surface area contributed by atoms with Gasteiger partial charge in [-0.3, -0.25) is 0 Å². The average molecular weight is 262 g/mol. The zero-order valence-corrected chi connectivity index (χ0v) is 12.5. The van der Waals surface area contributed by atoms with Crippen LogP contribution < -0.4 is 10.2 Å². The number of piperidine rings is 1. The van der Waals surface area contributed by atoms with E-state index in [0.29, 0.717) is 11.8 Å². The maximum atomic E-state index is 10.2. The highest BCUT2D eigenvalue weighted by atomic mass is 16.3. The number of phenolic OH excluding ortho intramolecular Hbond substituents is 1. The first-order chi connectivity index (χ1) is 9.02. The van der Waals surface area contributed by atoms with E-state index in [1.54, 1.807) is 0 Å². The third kappa shape index (κ3) is 3.03. The second-order valence-electron chi connectivity index (χ2n) is 5.93. The highest BCUT2D eigenvalue weighted by Gasteiger charge is 2.23. The zero-order valence-electron chi connectivity index (χ0n) is 12.5. The number of hydrogen-bond donors (Lipinski definition) is 2. The van der Waals surface area contributed by atoms with Crippen molar-refractivity contribution in [2.45, 2.75) is 45.7 Å². The molecule has 3 atom stereocenters. The lowest BCUT2D eigenvalue weighted by Gasteiger charge is -2.38. The number of phenols is 1. The van der Waals surface area contributed by atoms with E-state index >= 15 is 0 Å². The molecule has 19 heavy (non-hydrogen) atoms. The van der Waals surface area contributed by atoms with Crippen LogP contribution in [0.2, 0.25) is 0 Å². The van der Waals surface area contributed by atoms with Crippen molar-refractivity contribution in [2.24, 2.45) is 5.92 Å². The molecule has 1 aliphatic rings. The van der Waals surface area contributed by atoms with Gasteiger partial charge in [0.2, 0.25) is 0 Å². The van der Waals surface area contributed by atoms with Gasteiger partial charge in [0, 0.05) is 35.9 Å². The molecule has 2 rings (SSSR count). The normalized spacial score (nSPS) is 25.4. The fourth-order valence-corrected chi connectivity index (χ4v) is 3.02. The van der Waals surface area contributed by atoms with Gasteiger partial charge < -0.3 is 15.3 Å². The quantitative estimate of drug-likeness (QED) is 0.877. The Labute approximate surface area is 116 Å². The molecule has 3 nitrogen and oxygen atoms in total. The van der Waals surface area contributed by atoms with Gasteiger partial charge in [-0.05, 0) is 45.7 Å². The Bertz CT molecular complexity index is 433. The molecule has 1 aromatic carbocycles. The Balaban J connectivity index is 2.20. The second kappa shape index (κ2) is 5.83. The zero-order chi connectivity index (χ0) is 14.0.